The molecule has 0 unspecified atom stereocenters. The molecule has 0 bridgehead atoms. The van der Waals surface area contributed by atoms with E-state index in [0.29, 0.717) is 22.4 Å². The molecule has 0 saturated heterocycles. The summed E-state index contributed by atoms with van der Waals surface area (Å²) in [6.45, 7) is 3.63. The highest BCUT2D eigenvalue weighted by Gasteiger charge is 2.23. The highest BCUT2D eigenvalue weighted by molar-refractivity contribution is 6.10. The van der Waals surface area contributed by atoms with Crippen molar-refractivity contribution in [1.29, 1.82) is 0 Å². The number of hydrogen-bond acceptors (Lipinski definition) is 2. The van der Waals surface area contributed by atoms with Gasteiger partial charge < -0.3 is 9.55 Å². The number of Topliss-reactive ketones (excluding diaryl/α,β-unsaturated/α-hetero) is 1. The van der Waals surface area contributed by atoms with E-state index in [1.54, 1.807) is 41.1 Å². The Balaban J connectivity index is 2.09. The molecular formula is C23H19FN2O2. The van der Waals surface area contributed by atoms with Crippen molar-refractivity contribution in [2.75, 3.05) is 0 Å². The van der Waals surface area contributed by atoms with Crippen LogP contribution in [0.5, 0.6) is 0 Å². The third kappa shape index (κ3) is 2.95. The van der Waals surface area contributed by atoms with Gasteiger partial charge in [-0.05, 0) is 37.3 Å². The van der Waals surface area contributed by atoms with Crippen molar-refractivity contribution in [2.24, 2.45) is 0 Å². The minimum Gasteiger partial charge on any atom is -0.333 e. The first-order chi connectivity index (χ1) is 13.5. The Bertz CT molecular complexity index is 1270. The normalized spacial score (nSPS) is 11.1. The second-order valence-corrected chi connectivity index (χ2v) is 6.89. The van der Waals surface area contributed by atoms with Crippen LogP contribution in [0.1, 0.15) is 28.5 Å². The standard InChI is InChI=1S/C23H19FN2O2/c1-14-9-10-20-18(12-14)21(17-7-5-11-25-23(17)28)22(15(2)27)26(20)13-16-6-3-4-8-19(16)24/h3-12H,13H2,1-2H3,(H,25,28). The van der Waals surface area contributed by atoms with Crippen LogP contribution < -0.4 is 5.56 Å². The average molecular weight is 374 g/mol. The van der Waals surface area contributed by atoms with E-state index in [4.69, 9.17) is 0 Å². The summed E-state index contributed by atoms with van der Waals surface area (Å²) in [6.07, 6.45) is 1.56. The van der Waals surface area contributed by atoms with Gasteiger partial charge in [0.05, 0.1) is 12.2 Å². The number of carbonyl (C=O) groups excluding carboxylic acids is 1. The van der Waals surface area contributed by atoms with Gasteiger partial charge >= 0.3 is 0 Å². The molecule has 140 valence electrons. The first kappa shape index (κ1) is 17.9. The monoisotopic (exact) mass is 374 g/mol. The molecule has 0 aliphatic heterocycles. The fourth-order valence-electron chi connectivity index (χ4n) is 3.69. The lowest BCUT2D eigenvalue weighted by molar-refractivity contribution is 0.101. The summed E-state index contributed by atoms with van der Waals surface area (Å²) in [5.74, 6) is -0.506. The molecule has 2 heterocycles. The molecule has 4 nitrogen and oxygen atoms in total. The van der Waals surface area contributed by atoms with Gasteiger partial charge in [-0.25, -0.2) is 4.39 Å². The summed E-state index contributed by atoms with van der Waals surface area (Å²) in [5, 5.41) is 0.804. The van der Waals surface area contributed by atoms with E-state index in [1.807, 2.05) is 25.1 Å². The number of halogens is 1. The zero-order valence-corrected chi connectivity index (χ0v) is 15.6. The molecule has 2 aromatic heterocycles. The fraction of sp³-hybridized carbons (Fsp3) is 0.130. The van der Waals surface area contributed by atoms with Gasteiger partial charge in [-0.15, -0.1) is 0 Å². The maximum atomic E-state index is 14.3. The Kier molecular flexibility index (Phi) is 4.43. The Hall–Kier alpha value is -3.47. The second-order valence-electron chi connectivity index (χ2n) is 6.89. The number of hydrogen-bond donors (Lipinski definition) is 1. The number of aryl methyl sites for hydroxylation is 1. The Morgan fingerprint density at radius 3 is 2.61 bits per heavy atom. The molecule has 5 heteroatoms. The van der Waals surface area contributed by atoms with Crippen LogP contribution in [0, 0.1) is 12.7 Å². The molecular weight excluding hydrogens is 355 g/mol. The summed E-state index contributed by atoms with van der Waals surface area (Å²) in [4.78, 5) is 27.9. The second kappa shape index (κ2) is 6.93. The number of H-pyrrole nitrogens is 1. The van der Waals surface area contributed by atoms with Crippen molar-refractivity contribution >= 4 is 16.7 Å². The molecule has 0 amide bonds. The number of carbonyl (C=O) groups is 1. The fourth-order valence-corrected chi connectivity index (χ4v) is 3.69. The van der Waals surface area contributed by atoms with Crippen molar-refractivity contribution in [1.82, 2.24) is 9.55 Å². The van der Waals surface area contributed by atoms with Gasteiger partial charge in [0.15, 0.2) is 5.78 Å². The van der Waals surface area contributed by atoms with Gasteiger partial charge in [0.2, 0.25) is 0 Å². The molecule has 0 spiro atoms. The molecule has 0 saturated carbocycles. The van der Waals surface area contributed by atoms with Crippen LogP contribution in [0.25, 0.3) is 22.0 Å². The van der Waals surface area contributed by atoms with Crippen LogP contribution in [-0.2, 0) is 6.54 Å². The van der Waals surface area contributed by atoms with Crippen molar-refractivity contribution in [3.8, 4) is 11.1 Å². The highest BCUT2D eigenvalue weighted by atomic mass is 19.1. The van der Waals surface area contributed by atoms with E-state index in [1.165, 1.54) is 13.0 Å². The van der Waals surface area contributed by atoms with Crippen LogP contribution in [0.2, 0.25) is 0 Å². The Morgan fingerprint density at radius 1 is 1.11 bits per heavy atom. The Morgan fingerprint density at radius 2 is 1.89 bits per heavy atom. The van der Waals surface area contributed by atoms with E-state index in [2.05, 4.69) is 4.98 Å². The van der Waals surface area contributed by atoms with Gasteiger partial charge in [-0.2, -0.15) is 0 Å². The number of rotatable bonds is 4. The lowest BCUT2D eigenvalue weighted by Crippen LogP contribution is -2.12. The first-order valence-corrected chi connectivity index (χ1v) is 9.02. The predicted molar refractivity (Wildman–Crippen MR) is 108 cm³/mol. The van der Waals surface area contributed by atoms with Crippen LogP contribution in [0.4, 0.5) is 4.39 Å². The average Bonchev–Trinajstić information content (AvgIpc) is 2.97. The molecule has 28 heavy (non-hydrogen) atoms. The molecule has 4 aromatic rings. The number of ketones is 1. The molecule has 0 aliphatic carbocycles. The van der Waals surface area contributed by atoms with E-state index in [9.17, 15) is 14.0 Å². The minimum absolute atomic E-state index is 0.177. The molecule has 4 rings (SSSR count). The minimum atomic E-state index is -0.329. The van der Waals surface area contributed by atoms with Crippen LogP contribution in [0.3, 0.4) is 0 Å². The number of benzene rings is 2. The van der Waals surface area contributed by atoms with Gasteiger partial charge in [-0.3, -0.25) is 9.59 Å². The molecule has 1 N–H and O–H groups in total. The predicted octanol–water partition coefficient (Wildman–Crippen LogP) is 4.70. The number of pyridine rings is 1. The number of aromatic nitrogens is 2. The zero-order valence-electron chi connectivity index (χ0n) is 15.6. The van der Waals surface area contributed by atoms with Gasteiger partial charge in [0, 0.05) is 40.7 Å². The van der Waals surface area contributed by atoms with Crippen molar-refractivity contribution in [3.63, 3.8) is 0 Å². The van der Waals surface area contributed by atoms with Crippen molar-refractivity contribution in [2.45, 2.75) is 20.4 Å². The van der Waals surface area contributed by atoms with Gasteiger partial charge in [-0.1, -0.05) is 29.8 Å². The summed E-state index contributed by atoms with van der Waals surface area (Å²) >= 11 is 0. The Labute approximate surface area is 161 Å². The van der Waals surface area contributed by atoms with Gasteiger partial charge in [0.1, 0.15) is 5.82 Å². The van der Waals surface area contributed by atoms with Crippen molar-refractivity contribution < 1.29 is 9.18 Å². The number of nitrogens with zero attached hydrogens (tertiary/aromatic N) is 1. The number of fused-ring (bicyclic) bond motifs is 1. The summed E-state index contributed by atoms with van der Waals surface area (Å²) in [7, 11) is 0. The van der Waals surface area contributed by atoms with E-state index in [-0.39, 0.29) is 23.7 Å². The maximum Gasteiger partial charge on any atom is 0.255 e. The maximum absolute atomic E-state index is 14.3. The van der Waals surface area contributed by atoms with Crippen LogP contribution in [-0.4, -0.2) is 15.3 Å². The zero-order chi connectivity index (χ0) is 19.8. The molecule has 0 radical (unpaired) electrons. The largest absolute Gasteiger partial charge is 0.333 e. The van der Waals surface area contributed by atoms with Crippen LogP contribution >= 0.6 is 0 Å². The lowest BCUT2D eigenvalue weighted by atomic mass is 10.0. The summed E-state index contributed by atoms with van der Waals surface area (Å²) in [5.41, 5.74) is 3.43. The molecule has 0 atom stereocenters. The third-order valence-corrected chi connectivity index (χ3v) is 4.93. The number of nitrogens with one attached hydrogen (secondary N) is 1. The highest BCUT2D eigenvalue weighted by Crippen LogP contribution is 2.35. The third-order valence-electron chi connectivity index (χ3n) is 4.93. The molecule has 0 fully saturated rings. The first-order valence-electron chi connectivity index (χ1n) is 9.02. The molecule has 2 aromatic carbocycles. The topological polar surface area (TPSA) is 54.9 Å². The van der Waals surface area contributed by atoms with Crippen LogP contribution in [0.15, 0.2) is 65.6 Å². The van der Waals surface area contributed by atoms with Gasteiger partial charge in [0.25, 0.3) is 5.56 Å². The van der Waals surface area contributed by atoms with E-state index < -0.39 is 0 Å². The summed E-state index contributed by atoms with van der Waals surface area (Å²) < 4.78 is 16.1. The smallest absolute Gasteiger partial charge is 0.255 e. The summed E-state index contributed by atoms with van der Waals surface area (Å²) in [6, 6.07) is 15.8. The van der Waals surface area contributed by atoms with E-state index >= 15 is 0 Å². The quantitative estimate of drug-likeness (QED) is 0.527. The van der Waals surface area contributed by atoms with Crippen molar-refractivity contribution in [3.05, 3.63) is 93.8 Å². The van der Waals surface area contributed by atoms with E-state index in [0.717, 1.165) is 16.5 Å². The molecule has 0 aliphatic rings. The number of aromatic amines is 1. The SMILES string of the molecule is CC(=O)c1c(-c2ccc[nH]c2=O)c2cc(C)ccc2n1Cc1ccccc1F. The lowest BCUT2D eigenvalue weighted by Gasteiger charge is -2.11.